The summed E-state index contributed by atoms with van der Waals surface area (Å²) in [4.78, 5) is 8.76. The lowest BCUT2D eigenvalue weighted by molar-refractivity contribution is 0.194. The van der Waals surface area contributed by atoms with Gasteiger partial charge in [0, 0.05) is 17.9 Å². The Hall–Kier alpha value is -1.39. The van der Waals surface area contributed by atoms with E-state index in [-0.39, 0.29) is 5.60 Å². The molecule has 0 spiro atoms. The first kappa shape index (κ1) is 14.2. The van der Waals surface area contributed by atoms with Crippen LogP contribution in [0.5, 0.6) is 5.88 Å². The van der Waals surface area contributed by atoms with Crippen LogP contribution in [0, 0.1) is 5.92 Å². The molecule has 2 fully saturated rings. The summed E-state index contributed by atoms with van der Waals surface area (Å²) in [5.74, 6) is 1.15. The molecule has 2 heterocycles. The molecule has 0 saturated heterocycles. The Bertz CT molecular complexity index is 751. The van der Waals surface area contributed by atoms with Crippen molar-refractivity contribution >= 4 is 22.4 Å². The predicted octanol–water partition coefficient (Wildman–Crippen LogP) is 3.80. The minimum atomic E-state index is -0.391. The number of nitrogens with zero attached hydrogens (tertiary/aromatic N) is 2. The number of aromatic nitrogens is 2. The fourth-order valence-electron chi connectivity index (χ4n) is 3.01. The maximum Gasteiger partial charge on any atom is 0.223 e. The lowest BCUT2D eigenvalue weighted by atomic mass is 9.86. The third-order valence-electron chi connectivity index (χ3n) is 5.01. The monoisotopic (exact) mass is 317 g/mol. The first-order valence-corrected chi connectivity index (χ1v) is 8.19. The molecule has 0 aromatic carbocycles. The fourth-order valence-corrected chi connectivity index (χ4v) is 3.17. The smallest absolute Gasteiger partial charge is 0.223 e. The lowest BCUT2D eigenvalue weighted by Crippen LogP contribution is -2.35. The van der Waals surface area contributed by atoms with E-state index >= 15 is 0 Å². The number of rotatable bonds is 4. The van der Waals surface area contributed by atoms with E-state index in [1.165, 1.54) is 12.8 Å². The summed E-state index contributed by atoms with van der Waals surface area (Å²) in [6, 6.07) is 1.88. The largest absolute Gasteiger partial charge is 0.471 e. The van der Waals surface area contributed by atoms with E-state index in [1.54, 1.807) is 6.20 Å². The molecule has 0 radical (unpaired) electrons. The minimum absolute atomic E-state index is 0.0798. The molecule has 2 aromatic heterocycles. The molecule has 2 saturated carbocycles. The van der Waals surface area contributed by atoms with E-state index in [0.29, 0.717) is 17.0 Å². The van der Waals surface area contributed by atoms with E-state index < -0.39 is 5.54 Å². The maximum absolute atomic E-state index is 6.60. The Morgan fingerprint density at radius 3 is 2.64 bits per heavy atom. The van der Waals surface area contributed by atoms with Crippen LogP contribution in [-0.2, 0) is 5.54 Å². The average molecular weight is 318 g/mol. The van der Waals surface area contributed by atoms with E-state index in [2.05, 4.69) is 23.8 Å². The van der Waals surface area contributed by atoms with Crippen molar-refractivity contribution in [1.82, 2.24) is 9.97 Å². The highest BCUT2D eigenvalue weighted by molar-refractivity contribution is 6.30. The topological polar surface area (TPSA) is 61.0 Å². The summed E-state index contributed by atoms with van der Waals surface area (Å²) in [5.41, 5.74) is 7.16. The van der Waals surface area contributed by atoms with Gasteiger partial charge in [-0.25, -0.2) is 9.97 Å². The van der Waals surface area contributed by atoms with E-state index in [9.17, 15) is 0 Å². The number of hydrogen-bond acceptors (Lipinski definition) is 4. The third-order valence-corrected chi connectivity index (χ3v) is 5.21. The quantitative estimate of drug-likeness (QED) is 0.871. The zero-order chi connectivity index (χ0) is 15.5. The van der Waals surface area contributed by atoms with Crippen molar-refractivity contribution in [2.45, 2.75) is 50.7 Å². The van der Waals surface area contributed by atoms with E-state index in [4.69, 9.17) is 22.1 Å². The molecule has 22 heavy (non-hydrogen) atoms. The average Bonchev–Trinajstić information content (AvgIpc) is 3.34. The van der Waals surface area contributed by atoms with Crippen LogP contribution in [-0.4, -0.2) is 15.6 Å². The number of hydrogen-bond donors (Lipinski definition) is 1. The lowest BCUT2D eigenvalue weighted by Gasteiger charge is -2.27. The van der Waals surface area contributed by atoms with Crippen molar-refractivity contribution < 1.29 is 4.74 Å². The maximum atomic E-state index is 6.60. The standard InChI is InChI=1S/C17H20ClN3O/c1-16(5-6-16)22-15-12-8-20-14(18)7-11(12)13(9-21-15)17(2,19)10-3-4-10/h7-10H,3-6,19H2,1-2H3/t17-/m1/s1. The van der Waals surface area contributed by atoms with E-state index in [1.807, 2.05) is 12.3 Å². The summed E-state index contributed by atoms with van der Waals surface area (Å²) in [5, 5.41) is 2.37. The molecule has 5 heteroatoms. The number of ether oxygens (including phenoxy) is 1. The van der Waals surface area contributed by atoms with Crippen LogP contribution >= 0.6 is 11.6 Å². The second-order valence-electron chi connectivity index (χ2n) is 7.14. The van der Waals surface area contributed by atoms with Crippen LogP contribution in [0.25, 0.3) is 10.8 Å². The SMILES string of the molecule is CC1(Oc2ncc([C@](C)(N)C3CC3)c3cc(Cl)ncc23)CC1. The molecule has 0 aliphatic heterocycles. The van der Waals surface area contributed by atoms with Crippen molar-refractivity contribution in [1.29, 1.82) is 0 Å². The first-order chi connectivity index (χ1) is 10.4. The molecule has 116 valence electrons. The van der Waals surface area contributed by atoms with Crippen LogP contribution in [0.15, 0.2) is 18.5 Å². The molecular weight excluding hydrogens is 298 g/mol. The Morgan fingerprint density at radius 2 is 2.00 bits per heavy atom. The van der Waals surface area contributed by atoms with Gasteiger partial charge in [-0.2, -0.15) is 0 Å². The molecule has 0 bridgehead atoms. The van der Waals surface area contributed by atoms with Crippen LogP contribution < -0.4 is 10.5 Å². The van der Waals surface area contributed by atoms with Crippen LogP contribution in [0.1, 0.15) is 45.1 Å². The van der Waals surface area contributed by atoms with Gasteiger partial charge in [-0.1, -0.05) is 11.6 Å². The van der Waals surface area contributed by atoms with Gasteiger partial charge in [-0.05, 0) is 62.5 Å². The molecule has 1 atom stereocenters. The van der Waals surface area contributed by atoms with Crippen molar-refractivity contribution in [2.75, 3.05) is 0 Å². The normalized spacial score (nSPS) is 22.4. The zero-order valence-corrected chi connectivity index (χ0v) is 13.7. The summed E-state index contributed by atoms with van der Waals surface area (Å²) < 4.78 is 6.07. The Balaban J connectivity index is 1.88. The zero-order valence-electron chi connectivity index (χ0n) is 12.9. The van der Waals surface area contributed by atoms with Crippen molar-refractivity contribution in [2.24, 2.45) is 11.7 Å². The highest BCUT2D eigenvalue weighted by Gasteiger charge is 2.43. The van der Waals surface area contributed by atoms with Gasteiger partial charge >= 0.3 is 0 Å². The molecule has 2 N–H and O–H groups in total. The number of halogens is 1. The van der Waals surface area contributed by atoms with Gasteiger partial charge in [0.1, 0.15) is 10.8 Å². The number of fused-ring (bicyclic) bond motifs is 1. The summed E-state index contributed by atoms with van der Waals surface area (Å²) in [6.45, 7) is 4.19. The highest BCUT2D eigenvalue weighted by atomic mass is 35.5. The Morgan fingerprint density at radius 1 is 1.27 bits per heavy atom. The van der Waals surface area contributed by atoms with E-state index in [0.717, 1.165) is 29.2 Å². The molecule has 4 rings (SSSR count). The highest BCUT2D eigenvalue weighted by Crippen LogP contribution is 2.47. The predicted molar refractivity (Wildman–Crippen MR) is 87.1 cm³/mol. The van der Waals surface area contributed by atoms with Gasteiger partial charge < -0.3 is 10.5 Å². The second-order valence-corrected chi connectivity index (χ2v) is 7.53. The minimum Gasteiger partial charge on any atom is -0.471 e. The van der Waals surface area contributed by atoms with Crippen LogP contribution in [0.4, 0.5) is 0 Å². The number of pyridine rings is 2. The Labute approximate surface area is 135 Å². The van der Waals surface area contributed by atoms with Gasteiger partial charge in [0.15, 0.2) is 0 Å². The van der Waals surface area contributed by atoms with Gasteiger partial charge in [0.25, 0.3) is 0 Å². The first-order valence-electron chi connectivity index (χ1n) is 7.82. The molecular formula is C17H20ClN3O. The molecule has 2 aromatic rings. The molecule has 2 aliphatic rings. The van der Waals surface area contributed by atoms with Crippen molar-refractivity contribution in [3.63, 3.8) is 0 Å². The second kappa shape index (κ2) is 4.56. The molecule has 0 unspecified atom stereocenters. The summed E-state index contributed by atoms with van der Waals surface area (Å²) >= 11 is 6.12. The summed E-state index contributed by atoms with van der Waals surface area (Å²) in [6.07, 6.45) is 8.08. The number of nitrogens with two attached hydrogens (primary N) is 1. The van der Waals surface area contributed by atoms with Gasteiger partial charge in [0.2, 0.25) is 5.88 Å². The van der Waals surface area contributed by atoms with Gasteiger partial charge in [0.05, 0.1) is 5.39 Å². The van der Waals surface area contributed by atoms with Gasteiger partial charge in [-0.15, -0.1) is 0 Å². The molecule has 0 amide bonds. The Kier molecular flexibility index (Phi) is 2.94. The summed E-state index contributed by atoms with van der Waals surface area (Å²) in [7, 11) is 0. The fraction of sp³-hybridized carbons (Fsp3) is 0.529. The van der Waals surface area contributed by atoms with Gasteiger partial charge in [-0.3, -0.25) is 0 Å². The van der Waals surface area contributed by atoms with Crippen molar-refractivity contribution in [3.8, 4) is 5.88 Å². The van der Waals surface area contributed by atoms with Crippen LogP contribution in [0.2, 0.25) is 5.15 Å². The van der Waals surface area contributed by atoms with Crippen LogP contribution in [0.3, 0.4) is 0 Å². The van der Waals surface area contributed by atoms with Crippen molar-refractivity contribution in [3.05, 3.63) is 29.2 Å². The molecule has 4 nitrogen and oxygen atoms in total. The third kappa shape index (κ3) is 2.34. The molecule has 2 aliphatic carbocycles.